The Morgan fingerprint density at radius 1 is 1.31 bits per heavy atom. The van der Waals surface area contributed by atoms with Crippen LogP contribution in [0.5, 0.6) is 5.75 Å². The molecule has 6 heteroatoms. The van der Waals surface area contributed by atoms with E-state index in [9.17, 15) is 13.2 Å². The molecule has 0 aliphatic heterocycles. The average molecular weight is 299 g/mol. The first kappa shape index (κ1) is 13.3. The molecule has 90 valence electrons. The molecule has 0 saturated heterocycles. The van der Waals surface area contributed by atoms with E-state index in [0.29, 0.717) is 17.7 Å². The van der Waals surface area contributed by atoms with Crippen LogP contribution in [-0.2, 0) is 11.3 Å². The van der Waals surface area contributed by atoms with Crippen molar-refractivity contribution in [1.82, 2.24) is 0 Å². The summed E-state index contributed by atoms with van der Waals surface area (Å²) in [6.07, 6.45) is -4.67. The van der Waals surface area contributed by atoms with Gasteiger partial charge in [-0.2, -0.15) is 0 Å². The summed E-state index contributed by atoms with van der Waals surface area (Å²) in [5, 5.41) is 0. The number of ether oxygens (including phenoxy) is 2. The first-order chi connectivity index (χ1) is 7.42. The molecule has 0 bridgehead atoms. The van der Waals surface area contributed by atoms with E-state index >= 15 is 0 Å². The highest BCUT2D eigenvalue weighted by Gasteiger charge is 2.31. The Kier molecular flexibility index (Phi) is 4.61. The smallest absolute Gasteiger partial charge is 0.406 e. The van der Waals surface area contributed by atoms with Crippen LogP contribution in [0.25, 0.3) is 0 Å². The summed E-state index contributed by atoms with van der Waals surface area (Å²) in [6.45, 7) is 2.74. The van der Waals surface area contributed by atoms with Gasteiger partial charge in [0.2, 0.25) is 0 Å². The largest absolute Gasteiger partial charge is 0.573 e. The molecule has 1 rings (SSSR count). The maximum Gasteiger partial charge on any atom is 0.573 e. The lowest BCUT2D eigenvalue weighted by Crippen LogP contribution is -2.17. The lowest BCUT2D eigenvalue weighted by Gasteiger charge is -2.10. The Balaban J connectivity index is 2.74. The minimum atomic E-state index is -4.67. The topological polar surface area (TPSA) is 18.5 Å². The summed E-state index contributed by atoms with van der Waals surface area (Å²) in [7, 11) is 0. The second kappa shape index (κ2) is 5.54. The van der Waals surface area contributed by atoms with E-state index in [4.69, 9.17) is 4.74 Å². The Morgan fingerprint density at radius 2 is 2.00 bits per heavy atom. The van der Waals surface area contributed by atoms with Crippen molar-refractivity contribution in [2.75, 3.05) is 6.61 Å². The maximum absolute atomic E-state index is 11.9. The molecule has 0 atom stereocenters. The molecule has 0 heterocycles. The Morgan fingerprint density at radius 3 is 2.50 bits per heavy atom. The number of halogens is 4. The molecule has 0 N–H and O–H groups in total. The van der Waals surface area contributed by atoms with Crippen LogP contribution in [0.15, 0.2) is 22.7 Å². The van der Waals surface area contributed by atoms with E-state index in [2.05, 4.69) is 20.7 Å². The van der Waals surface area contributed by atoms with Gasteiger partial charge in [-0.3, -0.25) is 0 Å². The van der Waals surface area contributed by atoms with Crippen molar-refractivity contribution in [3.8, 4) is 5.75 Å². The second-order valence-electron chi connectivity index (χ2n) is 2.94. The van der Waals surface area contributed by atoms with Crippen molar-refractivity contribution in [3.63, 3.8) is 0 Å². The predicted octanol–water partition coefficient (Wildman–Crippen LogP) is 3.88. The molecule has 2 nitrogen and oxygen atoms in total. The Hall–Kier alpha value is -0.750. The van der Waals surface area contributed by atoms with Crippen molar-refractivity contribution in [3.05, 3.63) is 28.2 Å². The molecule has 1 aromatic rings. The van der Waals surface area contributed by atoms with Crippen molar-refractivity contribution >= 4 is 15.9 Å². The van der Waals surface area contributed by atoms with Crippen LogP contribution in [-0.4, -0.2) is 13.0 Å². The molecule has 0 aromatic heterocycles. The summed E-state index contributed by atoms with van der Waals surface area (Å²) in [4.78, 5) is 0. The number of rotatable bonds is 4. The summed E-state index contributed by atoms with van der Waals surface area (Å²) in [5.74, 6) is -0.250. The van der Waals surface area contributed by atoms with Crippen molar-refractivity contribution < 1.29 is 22.6 Å². The van der Waals surface area contributed by atoms with Crippen LogP contribution in [0.3, 0.4) is 0 Å². The van der Waals surface area contributed by atoms with Crippen LogP contribution < -0.4 is 4.74 Å². The lowest BCUT2D eigenvalue weighted by atomic mass is 10.2. The molecule has 16 heavy (non-hydrogen) atoms. The van der Waals surface area contributed by atoms with E-state index in [1.165, 1.54) is 18.2 Å². The first-order valence-corrected chi connectivity index (χ1v) is 5.33. The van der Waals surface area contributed by atoms with Gasteiger partial charge < -0.3 is 9.47 Å². The van der Waals surface area contributed by atoms with Crippen LogP contribution in [0.4, 0.5) is 13.2 Å². The van der Waals surface area contributed by atoms with Crippen LogP contribution in [0.1, 0.15) is 12.5 Å². The molecule has 0 aliphatic rings. The molecule has 0 aliphatic carbocycles. The van der Waals surface area contributed by atoms with E-state index < -0.39 is 6.36 Å². The fourth-order valence-electron chi connectivity index (χ4n) is 1.05. The molecule has 0 fully saturated rings. The zero-order valence-corrected chi connectivity index (χ0v) is 10.1. The zero-order chi connectivity index (χ0) is 12.2. The fourth-order valence-corrected chi connectivity index (χ4v) is 1.53. The van der Waals surface area contributed by atoms with E-state index in [1.54, 1.807) is 0 Å². The van der Waals surface area contributed by atoms with Crippen molar-refractivity contribution in [2.45, 2.75) is 19.9 Å². The SMILES string of the molecule is CCOCc1ccc(OC(F)(F)F)cc1Br. The number of benzene rings is 1. The van der Waals surface area contributed by atoms with E-state index in [1.807, 2.05) is 6.92 Å². The molecule has 0 saturated carbocycles. The fraction of sp³-hybridized carbons (Fsp3) is 0.400. The molecular formula is C10H10BrF3O2. The van der Waals surface area contributed by atoms with E-state index in [-0.39, 0.29) is 5.75 Å². The average Bonchev–Trinajstić information content (AvgIpc) is 2.14. The summed E-state index contributed by atoms with van der Waals surface area (Å²) in [5.41, 5.74) is 0.774. The summed E-state index contributed by atoms with van der Waals surface area (Å²) in [6, 6.07) is 4.05. The third kappa shape index (κ3) is 4.40. The number of alkyl halides is 3. The van der Waals surface area contributed by atoms with Gasteiger partial charge in [0.1, 0.15) is 5.75 Å². The zero-order valence-electron chi connectivity index (χ0n) is 8.47. The molecule has 0 amide bonds. The third-order valence-corrected chi connectivity index (χ3v) is 2.46. The highest BCUT2D eigenvalue weighted by atomic mass is 79.9. The highest BCUT2D eigenvalue weighted by Crippen LogP contribution is 2.28. The van der Waals surface area contributed by atoms with Gasteiger partial charge in [-0.15, -0.1) is 13.2 Å². The van der Waals surface area contributed by atoms with Gasteiger partial charge in [-0.1, -0.05) is 22.0 Å². The van der Waals surface area contributed by atoms with Crippen LogP contribution in [0, 0.1) is 0 Å². The standard InChI is InChI=1S/C10H10BrF3O2/c1-2-15-6-7-3-4-8(5-9(7)11)16-10(12,13)14/h3-5H,2,6H2,1H3. The number of hydrogen-bond donors (Lipinski definition) is 0. The highest BCUT2D eigenvalue weighted by molar-refractivity contribution is 9.10. The molecule has 0 unspecified atom stereocenters. The van der Waals surface area contributed by atoms with Gasteiger partial charge in [0.05, 0.1) is 6.61 Å². The molecule has 0 spiro atoms. The normalized spacial score (nSPS) is 11.6. The van der Waals surface area contributed by atoms with Crippen molar-refractivity contribution in [1.29, 1.82) is 0 Å². The first-order valence-electron chi connectivity index (χ1n) is 4.54. The van der Waals surface area contributed by atoms with Gasteiger partial charge in [0.25, 0.3) is 0 Å². The van der Waals surface area contributed by atoms with Gasteiger partial charge in [-0.05, 0) is 24.6 Å². The van der Waals surface area contributed by atoms with Crippen LogP contribution in [0.2, 0.25) is 0 Å². The monoisotopic (exact) mass is 298 g/mol. The number of hydrogen-bond acceptors (Lipinski definition) is 2. The third-order valence-electron chi connectivity index (χ3n) is 1.72. The van der Waals surface area contributed by atoms with Gasteiger partial charge in [-0.25, -0.2) is 0 Å². The molecule has 0 radical (unpaired) electrons. The van der Waals surface area contributed by atoms with Crippen LogP contribution >= 0.6 is 15.9 Å². The Labute approximate surface area is 99.5 Å². The molecule has 1 aromatic carbocycles. The predicted molar refractivity (Wildman–Crippen MR) is 56.2 cm³/mol. The van der Waals surface area contributed by atoms with E-state index in [0.717, 1.165) is 5.56 Å². The molecular weight excluding hydrogens is 289 g/mol. The summed E-state index contributed by atoms with van der Waals surface area (Å²) < 4.78 is 45.2. The van der Waals surface area contributed by atoms with Crippen molar-refractivity contribution in [2.24, 2.45) is 0 Å². The Bertz CT molecular complexity index is 352. The van der Waals surface area contributed by atoms with Gasteiger partial charge in [0.15, 0.2) is 0 Å². The minimum Gasteiger partial charge on any atom is -0.406 e. The minimum absolute atomic E-state index is 0.250. The maximum atomic E-state index is 11.9. The summed E-state index contributed by atoms with van der Waals surface area (Å²) >= 11 is 3.16. The van der Waals surface area contributed by atoms with Gasteiger partial charge >= 0.3 is 6.36 Å². The van der Waals surface area contributed by atoms with Gasteiger partial charge in [0, 0.05) is 11.1 Å². The lowest BCUT2D eigenvalue weighted by molar-refractivity contribution is -0.274. The second-order valence-corrected chi connectivity index (χ2v) is 3.79. The quantitative estimate of drug-likeness (QED) is 0.840.